The Morgan fingerprint density at radius 3 is 2.76 bits per heavy atom. The number of para-hydroxylation sites is 1. The van der Waals surface area contributed by atoms with E-state index in [4.69, 9.17) is 12.2 Å². The lowest BCUT2D eigenvalue weighted by Gasteiger charge is -2.07. The molecule has 0 bridgehead atoms. The van der Waals surface area contributed by atoms with Crippen LogP contribution in [0.2, 0.25) is 0 Å². The molecule has 0 radical (unpaired) electrons. The van der Waals surface area contributed by atoms with Crippen molar-refractivity contribution >= 4 is 45.2 Å². The molecule has 108 valence electrons. The van der Waals surface area contributed by atoms with Gasteiger partial charge >= 0.3 is 0 Å². The SMILES string of the molecule is Oc1ccc(/C=N/NC(=S)Nc2ccccc2F)cc1Br. The molecule has 0 aliphatic carbocycles. The summed E-state index contributed by atoms with van der Waals surface area (Å²) in [5.41, 5.74) is 3.63. The van der Waals surface area contributed by atoms with Crippen molar-refractivity contribution in [3.63, 3.8) is 0 Å². The van der Waals surface area contributed by atoms with Gasteiger partial charge in [-0.05, 0) is 64.0 Å². The Bertz CT molecular complexity index is 694. The van der Waals surface area contributed by atoms with Crippen LogP contribution in [0.25, 0.3) is 0 Å². The molecule has 0 unspecified atom stereocenters. The van der Waals surface area contributed by atoms with E-state index in [9.17, 15) is 9.50 Å². The summed E-state index contributed by atoms with van der Waals surface area (Å²) in [4.78, 5) is 0. The normalized spacial score (nSPS) is 10.6. The highest BCUT2D eigenvalue weighted by Crippen LogP contribution is 2.23. The number of nitrogens with zero attached hydrogens (tertiary/aromatic N) is 1. The summed E-state index contributed by atoms with van der Waals surface area (Å²) in [6.07, 6.45) is 1.53. The van der Waals surface area contributed by atoms with Crippen molar-refractivity contribution in [2.24, 2.45) is 5.10 Å². The summed E-state index contributed by atoms with van der Waals surface area (Å²) in [7, 11) is 0. The van der Waals surface area contributed by atoms with Crippen LogP contribution >= 0.6 is 28.1 Å². The van der Waals surface area contributed by atoms with Gasteiger partial charge in [-0.15, -0.1) is 0 Å². The van der Waals surface area contributed by atoms with E-state index in [1.807, 2.05) is 0 Å². The predicted octanol–water partition coefficient (Wildman–Crippen LogP) is 3.61. The van der Waals surface area contributed by atoms with Gasteiger partial charge in [-0.3, -0.25) is 5.43 Å². The van der Waals surface area contributed by atoms with Gasteiger partial charge in [0.1, 0.15) is 11.6 Å². The van der Waals surface area contributed by atoms with Gasteiger partial charge in [0.25, 0.3) is 0 Å². The number of anilines is 1. The maximum atomic E-state index is 13.4. The van der Waals surface area contributed by atoms with Gasteiger partial charge in [-0.1, -0.05) is 12.1 Å². The Morgan fingerprint density at radius 1 is 1.29 bits per heavy atom. The number of aromatic hydroxyl groups is 1. The number of nitrogens with one attached hydrogen (secondary N) is 2. The van der Waals surface area contributed by atoms with E-state index >= 15 is 0 Å². The quantitative estimate of drug-likeness (QED) is 0.440. The minimum atomic E-state index is -0.395. The van der Waals surface area contributed by atoms with Gasteiger partial charge in [0.2, 0.25) is 0 Å². The summed E-state index contributed by atoms with van der Waals surface area (Å²) in [5, 5.41) is 16.2. The van der Waals surface area contributed by atoms with Crippen LogP contribution in [0.1, 0.15) is 5.56 Å². The number of phenolic OH excluding ortho intramolecular Hbond substituents is 1. The number of hydrogen-bond donors (Lipinski definition) is 3. The van der Waals surface area contributed by atoms with Crippen LogP contribution in [0.3, 0.4) is 0 Å². The first kappa shape index (κ1) is 15.4. The third-order valence-corrected chi connectivity index (χ3v) is 3.30. The van der Waals surface area contributed by atoms with E-state index in [0.29, 0.717) is 4.47 Å². The number of thiocarbonyl (C=S) groups is 1. The summed E-state index contributed by atoms with van der Waals surface area (Å²) in [6.45, 7) is 0. The van der Waals surface area contributed by atoms with Crippen LogP contribution in [0.4, 0.5) is 10.1 Å². The fourth-order valence-corrected chi connectivity index (χ4v) is 2.04. The molecule has 0 aliphatic rings. The van der Waals surface area contributed by atoms with Crippen LogP contribution in [-0.2, 0) is 0 Å². The van der Waals surface area contributed by atoms with Crippen molar-refractivity contribution in [3.8, 4) is 5.75 Å². The van der Waals surface area contributed by atoms with E-state index in [1.165, 1.54) is 12.3 Å². The predicted molar refractivity (Wildman–Crippen MR) is 89.2 cm³/mol. The number of hydrogen-bond acceptors (Lipinski definition) is 3. The third kappa shape index (κ3) is 4.51. The molecule has 4 nitrogen and oxygen atoms in total. The van der Waals surface area contributed by atoms with Gasteiger partial charge < -0.3 is 10.4 Å². The van der Waals surface area contributed by atoms with Crippen LogP contribution < -0.4 is 10.7 Å². The average Bonchev–Trinajstić information content (AvgIpc) is 2.45. The van der Waals surface area contributed by atoms with Crippen molar-refractivity contribution in [3.05, 3.63) is 58.3 Å². The lowest BCUT2D eigenvalue weighted by Crippen LogP contribution is -2.24. The zero-order chi connectivity index (χ0) is 15.2. The fourth-order valence-electron chi connectivity index (χ4n) is 1.48. The highest BCUT2D eigenvalue weighted by atomic mass is 79.9. The van der Waals surface area contributed by atoms with Gasteiger partial charge in [-0.25, -0.2) is 4.39 Å². The molecule has 0 spiro atoms. The standard InChI is InChI=1S/C14H11BrFN3OS/c15-10-7-9(5-6-13(10)20)8-17-19-14(21)18-12-4-2-1-3-11(12)16/h1-8,20H,(H2,18,19,21)/b17-8+. The second-order valence-electron chi connectivity index (χ2n) is 4.01. The molecule has 0 aromatic heterocycles. The lowest BCUT2D eigenvalue weighted by molar-refractivity contribution is 0.472. The van der Waals surface area contributed by atoms with E-state index in [0.717, 1.165) is 5.56 Å². The highest BCUT2D eigenvalue weighted by molar-refractivity contribution is 9.10. The Hall–Kier alpha value is -1.99. The number of phenols is 1. The molecular formula is C14H11BrFN3OS. The lowest BCUT2D eigenvalue weighted by atomic mass is 10.2. The van der Waals surface area contributed by atoms with Gasteiger partial charge in [0.05, 0.1) is 16.4 Å². The molecule has 0 saturated carbocycles. The number of hydrazone groups is 1. The number of benzene rings is 2. The maximum absolute atomic E-state index is 13.4. The minimum absolute atomic E-state index is 0.150. The molecule has 0 atom stereocenters. The second-order valence-corrected chi connectivity index (χ2v) is 5.28. The van der Waals surface area contributed by atoms with Crippen LogP contribution in [-0.4, -0.2) is 16.4 Å². The Balaban J connectivity index is 1.93. The molecule has 2 aromatic rings. The highest BCUT2D eigenvalue weighted by Gasteiger charge is 2.01. The maximum Gasteiger partial charge on any atom is 0.191 e. The molecule has 3 N–H and O–H groups in total. The van der Waals surface area contributed by atoms with Crippen molar-refractivity contribution in [2.45, 2.75) is 0 Å². The second kappa shape index (κ2) is 7.14. The first-order valence-corrected chi connectivity index (χ1v) is 7.09. The molecule has 0 heterocycles. The fraction of sp³-hybridized carbons (Fsp3) is 0. The van der Waals surface area contributed by atoms with Crippen molar-refractivity contribution in [2.75, 3.05) is 5.32 Å². The Morgan fingerprint density at radius 2 is 2.05 bits per heavy atom. The Kier molecular flexibility index (Phi) is 5.24. The van der Waals surface area contributed by atoms with Crippen LogP contribution in [0.15, 0.2) is 52.0 Å². The minimum Gasteiger partial charge on any atom is -0.507 e. The van der Waals surface area contributed by atoms with Gasteiger partial charge in [0, 0.05) is 0 Å². The molecule has 7 heteroatoms. The molecule has 2 aromatic carbocycles. The molecule has 0 aliphatic heterocycles. The molecule has 0 amide bonds. The number of halogens is 2. The zero-order valence-electron chi connectivity index (χ0n) is 10.7. The monoisotopic (exact) mass is 367 g/mol. The Labute approximate surface area is 134 Å². The van der Waals surface area contributed by atoms with E-state index in [1.54, 1.807) is 36.4 Å². The molecule has 0 saturated heterocycles. The molecule has 2 rings (SSSR count). The summed E-state index contributed by atoms with van der Waals surface area (Å²) < 4.78 is 14.0. The van der Waals surface area contributed by atoms with Gasteiger partial charge in [0.15, 0.2) is 5.11 Å². The molecular weight excluding hydrogens is 357 g/mol. The number of rotatable bonds is 3. The molecule has 0 fully saturated rings. The van der Waals surface area contributed by atoms with E-state index in [2.05, 4.69) is 31.8 Å². The summed E-state index contributed by atoms with van der Waals surface area (Å²) in [6, 6.07) is 11.1. The van der Waals surface area contributed by atoms with Crippen LogP contribution in [0, 0.1) is 5.82 Å². The van der Waals surface area contributed by atoms with Crippen LogP contribution in [0.5, 0.6) is 5.75 Å². The van der Waals surface area contributed by atoms with Crippen molar-refractivity contribution in [1.29, 1.82) is 0 Å². The first-order valence-electron chi connectivity index (χ1n) is 5.89. The first-order chi connectivity index (χ1) is 10.1. The smallest absolute Gasteiger partial charge is 0.191 e. The third-order valence-electron chi connectivity index (χ3n) is 2.47. The van der Waals surface area contributed by atoms with Crippen molar-refractivity contribution < 1.29 is 9.50 Å². The van der Waals surface area contributed by atoms with Crippen molar-refractivity contribution in [1.82, 2.24) is 5.43 Å². The largest absolute Gasteiger partial charge is 0.507 e. The van der Waals surface area contributed by atoms with E-state index < -0.39 is 5.82 Å². The van der Waals surface area contributed by atoms with Gasteiger partial charge in [-0.2, -0.15) is 5.10 Å². The summed E-state index contributed by atoms with van der Waals surface area (Å²) in [5.74, 6) is -0.245. The molecule has 21 heavy (non-hydrogen) atoms. The zero-order valence-corrected chi connectivity index (χ0v) is 13.1. The average molecular weight is 368 g/mol. The van der Waals surface area contributed by atoms with E-state index in [-0.39, 0.29) is 16.5 Å². The summed E-state index contributed by atoms with van der Waals surface area (Å²) >= 11 is 8.21. The topological polar surface area (TPSA) is 56.7 Å².